The van der Waals surface area contributed by atoms with Gasteiger partial charge in [0.05, 0.1) is 24.3 Å². The molecule has 0 aliphatic heterocycles. The zero-order chi connectivity index (χ0) is 11.1. The highest BCUT2D eigenvalue weighted by Crippen LogP contribution is 2.12. The topological polar surface area (TPSA) is 56.8 Å². The summed E-state index contributed by atoms with van der Waals surface area (Å²) in [5, 5.41) is 17.1. The minimum absolute atomic E-state index is 0.0170. The van der Waals surface area contributed by atoms with Crippen molar-refractivity contribution >= 4 is 0 Å². The first-order valence-electron chi connectivity index (χ1n) is 4.79. The lowest BCUT2D eigenvalue weighted by atomic mass is 10.1. The fourth-order valence-electron chi connectivity index (χ4n) is 1.04. The average molecular weight is 200 g/mol. The van der Waals surface area contributed by atoms with Crippen molar-refractivity contribution in [2.75, 3.05) is 6.61 Å². The van der Waals surface area contributed by atoms with E-state index in [0.717, 1.165) is 12.2 Å². The minimum Gasteiger partial charge on any atom is -0.494 e. The van der Waals surface area contributed by atoms with Crippen LogP contribution < -0.4 is 4.74 Å². The Morgan fingerprint density at radius 1 is 1.27 bits per heavy atom. The van der Waals surface area contributed by atoms with E-state index in [2.05, 4.69) is 6.07 Å². The molecule has 0 amide bonds. The highest BCUT2D eigenvalue weighted by Gasteiger charge is 2.00. The normalized spacial score (nSPS) is 11.1. The zero-order valence-electron chi connectivity index (χ0n) is 8.60. The third-order valence-corrected chi connectivity index (χ3v) is 2.02. The first-order chi connectivity index (χ1) is 7.26. The van der Waals surface area contributed by atoms with Crippen molar-refractivity contribution in [3.05, 3.63) is 29.8 Å². The van der Waals surface area contributed by atoms with Gasteiger partial charge in [-0.1, -0.05) is 0 Å². The molecule has 1 rings (SSSR count). The molecule has 0 heterocycles. The van der Waals surface area contributed by atoms with Crippen molar-refractivity contribution in [3.8, 4) is 17.9 Å². The Labute approximate surface area is 89.5 Å². The molecule has 0 N–H and O–H groups in total. The highest BCUT2D eigenvalue weighted by atomic mass is 16.5. The van der Waals surface area contributed by atoms with Gasteiger partial charge in [-0.15, -0.1) is 0 Å². The molecular weight excluding hydrogens is 188 g/mol. The molecule has 0 saturated heterocycles. The number of rotatable bonds is 4. The Hall–Kier alpha value is -2.00. The molecule has 0 aliphatic rings. The third-order valence-electron chi connectivity index (χ3n) is 2.02. The minimum atomic E-state index is 0.0170. The summed E-state index contributed by atoms with van der Waals surface area (Å²) in [6.07, 6.45) is 0.719. The van der Waals surface area contributed by atoms with Crippen LogP contribution in [0.5, 0.6) is 5.75 Å². The Kier molecular flexibility index (Phi) is 4.19. The molecule has 0 radical (unpaired) electrons. The molecule has 3 nitrogen and oxygen atoms in total. The van der Waals surface area contributed by atoms with Gasteiger partial charge in [0.2, 0.25) is 0 Å². The second kappa shape index (κ2) is 5.67. The summed E-state index contributed by atoms with van der Waals surface area (Å²) in [7, 11) is 0. The van der Waals surface area contributed by atoms with Gasteiger partial charge >= 0.3 is 0 Å². The molecule has 0 spiro atoms. The lowest BCUT2D eigenvalue weighted by Crippen LogP contribution is -2.02. The second-order valence-electron chi connectivity index (χ2n) is 3.30. The van der Waals surface area contributed by atoms with Crippen molar-refractivity contribution in [1.82, 2.24) is 0 Å². The van der Waals surface area contributed by atoms with Gasteiger partial charge in [-0.25, -0.2) is 0 Å². The van der Waals surface area contributed by atoms with Gasteiger partial charge in [-0.05, 0) is 37.6 Å². The quantitative estimate of drug-likeness (QED) is 0.750. The lowest BCUT2D eigenvalue weighted by Gasteiger charge is -2.06. The predicted octanol–water partition coefficient (Wildman–Crippen LogP) is 2.49. The fraction of sp³-hybridized carbons (Fsp3) is 0.333. The van der Waals surface area contributed by atoms with E-state index in [-0.39, 0.29) is 5.92 Å². The van der Waals surface area contributed by atoms with Gasteiger partial charge in [0.1, 0.15) is 5.75 Å². The van der Waals surface area contributed by atoms with Gasteiger partial charge in [0, 0.05) is 5.92 Å². The Morgan fingerprint density at radius 2 is 1.93 bits per heavy atom. The zero-order valence-corrected chi connectivity index (χ0v) is 8.60. The number of benzene rings is 1. The molecular formula is C12H12N2O. The Morgan fingerprint density at radius 3 is 2.47 bits per heavy atom. The summed E-state index contributed by atoms with van der Waals surface area (Å²) in [5.41, 5.74) is 0.618. The van der Waals surface area contributed by atoms with Gasteiger partial charge in [-0.2, -0.15) is 10.5 Å². The molecule has 0 aromatic heterocycles. The van der Waals surface area contributed by atoms with E-state index in [1.54, 1.807) is 24.3 Å². The standard InChI is InChI=1S/C12H12N2O/c1-10(8-13)6-7-15-12-4-2-11(9-14)3-5-12/h2-5,10H,6-7H2,1H3. The van der Waals surface area contributed by atoms with E-state index >= 15 is 0 Å². The lowest BCUT2D eigenvalue weighted by molar-refractivity contribution is 0.297. The van der Waals surface area contributed by atoms with Crippen molar-refractivity contribution in [3.63, 3.8) is 0 Å². The molecule has 0 bridgehead atoms. The van der Waals surface area contributed by atoms with E-state index < -0.39 is 0 Å². The SMILES string of the molecule is CC(C#N)CCOc1ccc(C#N)cc1. The summed E-state index contributed by atoms with van der Waals surface area (Å²) in [5.74, 6) is 0.752. The van der Waals surface area contributed by atoms with Gasteiger partial charge in [0.15, 0.2) is 0 Å². The Balaban J connectivity index is 2.39. The largest absolute Gasteiger partial charge is 0.494 e. The van der Waals surface area contributed by atoms with Gasteiger partial charge < -0.3 is 4.74 Å². The van der Waals surface area contributed by atoms with E-state index in [0.29, 0.717) is 12.2 Å². The molecule has 1 atom stereocenters. The highest BCUT2D eigenvalue weighted by molar-refractivity contribution is 5.34. The Bertz CT molecular complexity index is 384. The van der Waals surface area contributed by atoms with Crippen LogP contribution in [0, 0.1) is 28.6 Å². The third kappa shape index (κ3) is 3.70. The molecule has 0 saturated carbocycles. The predicted molar refractivity (Wildman–Crippen MR) is 56.0 cm³/mol. The van der Waals surface area contributed by atoms with E-state index in [1.807, 2.05) is 13.0 Å². The summed E-state index contributed by atoms with van der Waals surface area (Å²) in [4.78, 5) is 0. The molecule has 15 heavy (non-hydrogen) atoms. The van der Waals surface area contributed by atoms with Crippen LogP contribution >= 0.6 is 0 Å². The molecule has 1 unspecified atom stereocenters. The average Bonchev–Trinajstić information content (AvgIpc) is 2.29. The van der Waals surface area contributed by atoms with Crippen molar-refractivity contribution in [1.29, 1.82) is 10.5 Å². The molecule has 1 aromatic carbocycles. The smallest absolute Gasteiger partial charge is 0.119 e. The van der Waals surface area contributed by atoms with Gasteiger partial charge in [0.25, 0.3) is 0 Å². The van der Waals surface area contributed by atoms with Crippen molar-refractivity contribution in [2.24, 2.45) is 5.92 Å². The number of hydrogen-bond donors (Lipinski definition) is 0. The second-order valence-corrected chi connectivity index (χ2v) is 3.30. The van der Waals surface area contributed by atoms with Crippen LogP contribution in [0.2, 0.25) is 0 Å². The van der Waals surface area contributed by atoms with Crippen LogP contribution in [0.3, 0.4) is 0 Å². The summed E-state index contributed by atoms with van der Waals surface area (Å²) in [6.45, 7) is 2.39. The number of ether oxygens (including phenoxy) is 1. The molecule has 0 fully saturated rings. The molecule has 3 heteroatoms. The van der Waals surface area contributed by atoms with Crippen LogP contribution in [-0.2, 0) is 0 Å². The number of nitriles is 2. The van der Waals surface area contributed by atoms with Crippen molar-refractivity contribution < 1.29 is 4.74 Å². The van der Waals surface area contributed by atoms with Crippen LogP contribution in [-0.4, -0.2) is 6.61 Å². The first kappa shape index (κ1) is 11.1. The molecule has 76 valence electrons. The van der Waals surface area contributed by atoms with Crippen LogP contribution in [0.4, 0.5) is 0 Å². The molecule has 1 aromatic rings. The summed E-state index contributed by atoms with van der Waals surface area (Å²) >= 11 is 0. The fourth-order valence-corrected chi connectivity index (χ4v) is 1.04. The number of nitrogens with zero attached hydrogens (tertiary/aromatic N) is 2. The van der Waals surface area contributed by atoms with E-state index in [9.17, 15) is 0 Å². The van der Waals surface area contributed by atoms with E-state index in [1.165, 1.54) is 0 Å². The van der Waals surface area contributed by atoms with Gasteiger partial charge in [-0.3, -0.25) is 0 Å². The maximum atomic E-state index is 8.58. The summed E-state index contributed by atoms with van der Waals surface area (Å²) in [6, 6.07) is 11.1. The summed E-state index contributed by atoms with van der Waals surface area (Å²) < 4.78 is 5.42. The van der Waals surface area contributed by atoms with E-state index in [4.69, 9.17) is 15.3 Å². The van der Waals surface area contributed by atoms with Crippen molar-refractivity contribution in [2.45, 2.75) is 13.3 Å². The monoisotopic (exact) mass is 200 g/mol. The maximum Gasteiger partial charge on any atom is 0.119 e. The first-order valence-corrected chi connectivity index (χ1v) is 4.79. The number of hydrogen-bond acceptors (Lipinski definition) is 3. The van der Waals surface area contributed by atoms with Crippen LogP contribution in [0.1, 0.15) is 18.9 Å². The maximum absolute atomic E-state index is 8.58. The van der Waals surface area contributed by atoms with Crippen LogP contribution in [0.25, 0.3) is 0 Å². The molecule has 0 aliphatic carbocycles. The van der Waals surface area contributed by atoms with Crippen LogP contribution in [0.15, 0.2) is 24.3 Å².